The molecular formula is C12H12N2O2S. The summed E-state index contributed by atoms with van der Waals surface area (Å²) >= 11 is 4.96. The predicted octanol–water partition coefficient (Wildman–Crippen LogP) is 0.861. The number of rotatable bonds is 2. The lowest BCUT2D eigenvalue weighted by Gasteiger charge is -2.09. The van der Waals surface area contributed by atoms with E-state index in [-0.39, 0.29) is 16.9 Å². The van der Waals surface area contributed by atoms with Gasteiger partial charge in [-0.15, -0.1) is 0 Å². The molecule has 1 N–H and O–H groups in total. The zero-order valence-corrected chi connectivity index (χ0v) is 10.2. The Morgan fingerprint density at radius 2 is 2.06 bits per heavy atom. The third kappa shape index (κ3) is 2.34. The average molecular weight is 248 g/mol. The molecule has 0 aromatic heterocycles. The topological polar surface area (TPSA) is 49.4 Å². The summed E-state index contributed by atoms with van der Waals surface area (Å²) in [5.74, 6) is -0.616. The number of nitrogens with zero attached hydrogens (tertiary/aromatic N) is 1. The van der Waals surface area contributed by atoms with Crippen LogP contribution in [0.15, 0.2) is 30.3 Å². The maximum absolute atomic E-state index is 11.9. The van der Waals surface area contributed by atoms with Crippen LogP contribution in [0.25, 0.3) is 0 Å². The summed E-state index contributed by atoms with van der Waals surface area (Å²) in [6, 6.07) is 9.18. The van der Waals surface area contributed by atoms with Crippen LogP contribution in [0.2, 0.25) is 0 Å². The summed E-state index contributed by atoms with van der Waals surface area (Å²) in [6.07, 6.45) is 0.531. The van der Waals surface area contributed by atoms with Gasteiger partial charge in [0.25, 0.3) is 5.91 Å². The highest BCUT2D eigenvalue weighted by atomic mass is 32.1. The van der Waals surface area contributed by atoms with E-state index in [1.165, 1.54) is 6.92 Å². The van der Waals surface area contributed by atoms with Crippen LogP contribution in [-0.4, -0.2) is 27.9 Å². The van der Waals surface area contributed by atoms with Crippen molar-refractivity contribution in [2.24, 2.45) is 0 Å². The summed E-state index contributed by atoms with van der Waals surface area (Å²) in [7, 11) is 0. The van der Waals surface area contributed by atoms with Crippen molar-refractivity contribution in [2.75, 3.05) is 0 Å². The molecule has 17 heavy (non-hydrogen) atoms. The number of imide groups is 1. The van der Waals surface area contributed by atoms with Crippen molar-refractivity contribution >= 4 is 29.1 Å². The van der Waals surface area contributed by atoms with E-state index in [9.17, 15) is 9.59 Å². The fraction of sp³-hybridized carbons (Fsp3) is 0.250. The van der Waals surface area contributed by atoms with E-state index in [0.29, 0.717) is 6.42 Å². The second-order valence-electron chi connectivity index (χ2n) is 3.88. The second-order valence-corrected chi connectivity index (χ2v) is 4.27. The quantitative estimate of drug-likeness (QED) is 0.789. The van der Waals surface area contributed by atoms with Crippen molar-refractivity contribution < 1.29 is 9.59 Å². The molecule has 1 aliphatic rings. The van der Waals surface area contributed by atoms with Crippen molar-refractivity contribution in [3.63, 3.8) is 0 Å². The number of carbonyl (C=O) groups is 2. The molecule has 4 nitrogen and oxygen atoms in total. The van der Waals surface area contributed by atoms with Gasteiger partial charge in [-0.3, -0.25) is 9.59 Å². The molecule has 0 radical (unpaired) electrons. The Bertz CT molecular complexity index is 473. The number of carbonyl (C=O) groups excluding carboxylic acids is 2. The van der Waals surface area contributed by atoms with Gasteiger partial charge in [0.1, 0.15) is 6.04 Å². The lowest BCUT2D eigenvalue weighted by atomic mass is 10.1. The summed E-state index contributed by atoms with van der Waals surface area (Å²) in [4.78, 5) is 24.2. The Hall–Kier alpha value is -1.75. The standard InChI is InChI=1S/C12H12N2O2S/c1-8(15)14-11(16)10(13-12(14)17)7-9-5-3-2-4-6-9/h2-6,10H,7H2,1H3,(H,13,17)/t10-/m1/s1. The second kappa shape index (κ2) is 4.63. The van der Waals surface area contributed by atoms with Gasteiger partial charge >= 0.3 is 0 Å². The Morgan fingerprint density at radius 3 is 2.59 bits per heavy atom. The number of amides is 2. The fourth-order valence-electron chi connectivity index (χ4n) is 1.82. The first-order chi connectivity index (χ1) is 8.09. The molecule has 1 aliphatic heterocycles. The maximum atomic E-state index is 11.9. The Kier molecular flexibility index (Phi) is 3.19. The van der Waals surface area contributed by atoms with E-state index in [1.54, 1.807) is 0 Å². The van der Waals surface area contributed by atoms with Crippen LogP contribution in [0.4, 0.5) is 0 Å². The summed E-state index contributed by atoms with van der Waals surface area (Å²) in [5, 5.41) is 3.07. The molecule has 0 bridgehead atoms. The van der Waals surface area contributed by atoms with E-state index >= 15 is 0 Å². The molecule has 1 heterocycles. The van der Waals surface area contributed by atoms with Crippen LogP contribution in [0.3, 0.4) is 0 Å². The van der Waals surface area contributed by atoms with E-state index in [2.05, 4.69) is 5.32 Å². The van der Waals surface area contributed by atoms with Crippen LogP contribution in [0.1, 0.15) is 12.5 Å². The van der Waals surface area contributed by atoms with Gasteiger partial charge in [-0.25, -0.2) is 4.90 Å². The lowest BCUT2D eigenvalue weighted by molar-refractivity contribution is -0.137. The molecule has 0 spiro atoms. The summed E-state index contributed by atoms with van der Waals surface area (Å²) in [6.45, 7) is 1.33. The Labute approximate surface area is 105 Å². The molecule has 1 saturated heterocycles. The Morgan fingerprint density at radius 1 is 1.41 bits per heavy atom. The van der Waals surface area contributed by atoms with Crippen molar-refractivity contribution in [3.05, 3.63) is 35.9 Å². The van der Waals surface area contributed by atoms with Crippen LogP contribution in [-0.2, 0) is 16.0 Å². The molecule has 0 aliphatic carbocycles. The predicted molar refractivity (Wildman–Crippen MR) is 67.2 cm³/mol. The minimum atomic E-state index is -0.436. The number of benzene rings is 1. The highest BCUT2D eigenvalue weighted by molar-refractivity contribution is 7.80. The third-order valence-electron chi connectivity index (χ3n) is 2.62. The first kappa shape index (κ1) is 11.7. The van der Waals surface area contributed by atoms with Gasteiger partial charge < -0.3 is 5.32 Å². The smallest absolute Gasteiger partial charge is 0.258 e. The van der Waals surface area contributed by atoms with Gasteiger partial charge in [-0.1, -0.05) is 30.3 Å². The van der Waals surface area contributed by atoms with Crippen LogP contribution >= 0.6 is 12.2 Å². The third-order valence-corrected chi connectivity index (χ3v) is 2.92. The van der Waals surface area contributed by atoms with Crippen molar-refractivity contribution in [3.8, 4) is 0 Å². The summed E-state index contributed by atoms with van der Waals surface area (Å²) < 4.78 is 0. The molecule has 1 atom stereocenters. The monoisotopic (exact) mass is 248 g/mol. The van der Waals surface area contributed by atoms with Gasteiger partial charge in [-0.2, -0.15) is 0 Å². The molecule has 88 valence electrons. The molecule has 1 aromatic carbocycles. The molecule has 2 rings (SSSR count). The van der Waals surface area contributed by atoms with Gasteiger partial charge in [0.15, 0.2) is 5.11 Å². The van der Waals surface area contributed by atoms with Gasteiger partial charge in [-0.05, 0) is 17.8 Å². The minimum absolute atomic E-state index is 0.198. The normalized spacial score (nSPS) is 19.4. The first-order valence-electron chi connectivity index (χ1n) is 5.28. The van der Waals surface area contributed by atoms with E-state index in [1.807, 2.05) is 30.3 Å². The molecule has 0 saturated carbocycles. The molecule has 1 fully saturated rings. The number of nitrogens with one attached hydrogen (secondary N) is 1. The average Bonchev–Trinajstić information content (AvgIpc) is 2.55. The number of thiocarbonyl (C=S) groups is 1. The minimum Gasteiger partial charge on any atom is -0.350 e. The van der Waals surface area contributed by atoms with E-state index in [0.717, 1.165) is 10.5 Å². The van der Waals surface area contributed by atoms with E-state index < -0.39 is 6.04 Å². The van der Waals surface area contributed by atoms with E-state index in [4.69, 9.17) is 12.2 Å². The largest absolute Gasteiger partial charge is 0.350 e. The maximum Gasteiger partial charge on any atom is 0.258 e. The van der Waals surface area contributed by atoms with Gasteiger partial charge in [0.2, 0.25) is 5.91 Å². The highest BCUT2D eigenvalue weighted by Gasteiger charge is 2.37. The zero-order valence-electron chi connectivity index (χ0n) is 9.34. The van der Waals surface area contributed by atoms with Gasteiger partial charge in [0.05, 0.1) is 0 Å². The number of hydrogen-bond acceptors (Lipinski definition) is 3. The molecule has 5 heteroatoms. The first-order valence-corrected chi connectivity index (χ1v) is 5.69. The number of hydrogen-bond donors (Lipinski definition) is 1. The van der Waals surface area contributed by atoms with Crippen LogP contribution in [0, 0.1) is 0 Å². The van der Waals surface area contributed by atoms with Crippen molar-refractivity contribution in [1.29, 1.82) is 0 Å². The lowest BCUT2D eigenvalue weighted by Crippen LogP contribution is -2.35. The van der Waals surface area contributed by atoms with Gasteiger partial charge in [0, 0.05) is 13.3 Å². The molecular weight excluding hydrogens is 236 g/mol. The van der Waals surface area contributed by atoms with Crippen LogP contribution in [0.5, 0.6) is 0 Å². The summed E-state index contributed by atoms with van der Waals surface area (Å²) in [5.41, 5.74) is 1.03. The SMILES string of the molecule is CC(=O)N1C(=O)[C@@H](Cc2ccccc2)NC1=S. The molecule has 2 amide bonds. The zero-order chi connectivity index (χ0) is 12.4. The molecule has 0 unspecified atom stereocenters. The Balaban J connectivity index is 2.12. The van der Waals surface area contributed by atoms with Crippen molar-refractivity contribution in [1.82, 2.24) is 10.2 Å². The molecule has 1 aromatic rings. The van der Waals surface area contributed by atoms with Crippen LogP contribution < -0.4 is 5.32 Å². The fourth-order valence-corrected chi connectivity index (χ4v) is 2.18. The highest BCUT2D eigenvalue weighted by Crippen LogP contribution is 2.12. The van der Waals surface area contributed by atoms with Crippen molar-refractivity contribution in [2.45, 2.75) is 19.4 Å².